The van der Waals surface area contributed by atoms with E-state index in [1.807, 2.05) is 18.2 Å². The van der Waals surface area contributed by atoms with Gasteiger partial charge >= 0.3 is 6.03 Å². The van der Waals surface area contributed by atoms with Crippen LogP contribution in [0.3, 0.4) is 0 Å². The fourth-order valence-electron chi connectivity index (χ4n) is 4.20. The Hall–Kier alpha value is -4.48. The Morgan fingerprint density at radius 1 is 1.03 bits per heavy atom. The van der Waals surface area contributed by atoms with Gasteiger partial charge in [-0.2, -0.15) is 5.26 Å². The molecule has 8 nitrogen and oxygen atoms in total. The van der Waals surface area contributed by atoms with Gasteiger partial charge in [0.25, 0.3) is 5.91 Å². The van der Waals surface area contributed by atoms with Gasteiger partial charge in [0.2, 0.25) is 0 Å². The highest BCUT2D eigenvalue weighted by Crippen LogP contribution is 2.34. The quantitative estimate of drug-likeness (QED) is 0.470. The fourth-order valence-corrected chi connectivity index (χ4v) is 4.20. The van der Waals surface area contributed by atoms with Gasteiger partial charge < -0.3 is 21.3 Å². The third kappa shape index (κ3) is 5.21. The van der Waals surface area contributed by atoms with Crippen molar-refractivity contribution in [2.75, 3.05) is 23.7 Å². The van der Waals surface area contributed by atoms with Crippen molar-refractivity contribution in [1.82, 2.24) is 4.90 Å². The lowest BCUT2D eigenvalue weighted by molar-refractivity contribution is 0.0654. The molecule has 35 heavy (non-hydrogen) atoms. The van der Waals surface area contributed by atoms with E-state index in [0.717, 1.165) is 11.1 Å². The summed E-state index contributed by atoms with van der Waals surface area (Å²) >= 11 is 0. The number of nitrogens with two attached hydrogens (primary N) is 1. The van der Waals surface area contributed by atoms with Gasteiger partial charge in [0, 0.05) is 35.6 Å². The highest BCUT2D eigenvalue weighted by atomic mass is 16.2. The summed E-state index contributed by atoms with van der Waals surface area (Å²) in [5, 5.41) is 14.5. The first-order valence-electron chi connectivity index (χ1n) is 11.2. The molecule has 1 heterocycles. The molecule has 0 aromatic heterocycles. The highest BCUT2D eigenvalue weighted by Gasteiger charge is 2.33. The minimum absolute atomic E-state index is 0.0511. The van der Waals surface area contributed by atoms with Crippen LogP contribution in [0.25, 0.3) is 0 Å². The minimum Gasteiger partial charge on any atom is -0.330 e. The molecule has 3 aromatic carbocycles. The van der Waals surface area contributed by atoms with Crippen LogP contribution in [0.4, 0.5) is 16.2 Å². The molecule has 1 aliphatic heterocycles. The van der Waals surface area contributed by atoms with Gasteiger partial charge in [0.15, 0.2) is 5.78 Å². The highest BCUT2D eigenvalue weighted by molar-refractivity contribution is 6.03. The molecule has 0 aliphatic carbocycles. The van der Waals surface area contributed by atoms with Crippen molar-refractivity contribution in [3.8, 4) is 6.07 Å². The second-order valence-electron chi connectivity index (χ2n) is 8.33. The molecular weight excluding hydrogens is 442 g/mol. The summed E-state index contributed by atoms with van der Waals surface area (Å²) in [6.07, 6.45) is 0.599. The van der Waals surface area contributed by atoms with E-state index in [1.54, 1.807) is 53.4 Å². The van der Waals surface area contributed by atoms with E-state index < -0.39 is 6.03 Å². The lowest BCUT2D eigenvalue weighted by atomic mass is 9.88. The number of benzene rings is 3. The zero-order valence-corrected chi connectivity index (χ0v) is 19.2. The average Bonchev–Trinajstić information content (AvgIpc) is 2.86. The standard InChI is InChI=1S/C27H25N5O3/c1-17(33)19-6-9-22(10-7-19)30-27(35)31-23-11-8-21-14-25(20-4-2-18(16-29)3-5-20)32(13-12-28)26(34)24(21)15-23/h2-11,15,25H,12-14,28H2,1H3,(H2,30,31,35). The van der Waals surface area contributed by atoms with Crippen LogP contribution in [-0.4, -0.2) is 35.7 Å². The van der Waals surface area contributed by atoms with E-state index in [2.05, 4.69) is 16.7 Å². The predicted molar refractivity (Wildman–Crippen MR) is 133 cm³/mol. The fraction of sp³-hybridized carbons (Fsp3) is 0.185. The monoisotopic (exact) mass is 467 g/mol. The van der Waals surface area contributed by atoms with Gasteiger partial charge in [-0.3, -0.25) is 9.59 Å². The normalized spacial score (nSPS) is 14.6. The van der Waals surface area contributed by atoms with Crippen LogP contribution >= 0.6 is 0 Å². The first kappa shape index (κ1) is 23.7. The Morgan fingerprint density at radius 2 is 1.69 bits per heavy atom. The number of urea groups is 1. The van der Waals surface area contributed by atoms with Crippen molar-refractivity contribution in [3.63, 3.8) is 0 Å². The number of Topliss-reactive ketones (excluding diaryl/α,β-unsaturated/α-hetero) is 1. The number of fused-ring (bicyclic) bond motifs is 1. The summed E-state index contributed by atoms with van der Waals surface area (Å²) in [6, 6.07) is 20.6. The molecule has 1 unspecified atom stereocenters. The van der Waals surface area contributed by atoms with Gasteiger partial charge in [0.05, 0.1) is 17.7 Å². The maximum Gasteiger partial charge on any atom is 0.323 e. The van der Waals surface area contributed by atoms with E-state index in [1.165, 1.54) is 6.92 Å². The van der Waals surface area contributed by atoms with Crippen molar-refractivity contribution in [3.05, 3.63) is 94.5 Å². The summed E-state index contributed by atoms with van der Waals surface area (Å²) in [6.45, 7) is 2.18. The largest absolute Gasteiger partial charge is 0.330 e. The van der Waals surface area contributed by atoms with E-state index in [4.69, 9.17) is 11.0 Å². The summed E-state index contributed by atoms with van der Waals surface area (Å²) in [7, 11) is 0. The molecule has 0 fully saturated rings. The third-order valence-electron chi connectivity index (χ3n) is 5.99. The molecule has 0 spiro atoms. The van der Waals surface area contributed by atoms with E-state index in [9.17, 15) is 14.4 Å². The molecule has 0 saturated heterocycles. The van der Waals surface area contributed by atoms with Gasteiger partial charge in [-0.25, -0.2) is 4.79 Å². The smallest absolute Gasteiger partial charge is 0.323 e. The van der Waals surface area contributed by atoms with Crippen LogP contribution in [0.5, 0.6) is 0 Å². The number of anilines is 2. The van der Waals surface area contributed by atoms with Crippen molar-refractivity contribution < 1.29 is 14.4 Å². The Kier molecular flexibility index (Phi) is 6.90. The number of amides is 3. The zero-order chi connectivity index (χ0) is 24.9. The van der Waals surface area contributed by atoms with E-state index in [-0.39, 0.29) is 17.7 Å². The van der Waals surface area contributed by atoms with Crippen LogP contribution in [0.15, 0.2) is 66.7 Å². The Balaban J connectivity index is 1.52. The number of rotatable bonds is 6. The summed E-state index contributed by atoms with van der Waals surface area (Å²) in [4.78, 5) is 39.0. The first-order chi connectivity index (χ1) is 16.9. The Morgan fingerprint density at radius 3 is 2.31 bits per heavy atom. The number of nitriles is 1. The number of nitrogens with zero attached hydrogens (tertiary/aromatic N) is 2. The first-order valence-corrected chi connectivity index (χ1v) is 11.2. The molecule has 0 radical (unpaired) electrons. The number of nitrogens with one attached hydrogen (secondary N) is 2. The molecule has 3 amide bonds. The maximum absolute atomic E-state index is 13.4. The van der Waals surface area contributed by atoms with Gasteiger partial charge in [-0.1, -0.05) is 18.2 Å². The summed E-state index contributed by atoms with van der Waals surface area (Å²) in [5.74, 6) is -0.209. The van der Waals surface area contributed by atoms with Crippen molar-refractivity contribution in [2.24, 2.45) is 5.73 Å². The second-order valence-corrected chi connectivity index (χ2v) is 8.33. The number of hydrogen-bond acceptors (Lipinski definition) is 5. The lowest BCUT2D eigenvalue weighted by Gasteiger charge is -2.37. The molecule has 4 N–H and O–H groups in total. The minimum atomic E-state index is -0.460. The van der Waals surface area contributed by atoms with Crippen LogP contribution in [0.2, 0.25) is 0 Å². The van der Waals surface area contributed by atoms with Crippen molar-refractivity contribution >= 4 is 29.1 Å². The van der Waals surface area contributed by atoms with Crippen LogP contribution in [0, 0.1) is 11.3 Å². The number of hydrogen-bond donors (Lipinski definition) is 3. The summed E-state index contributed by atoms with van der Waals surface area (Å²) in [5.41, 5.74) is 10.3. The molecule has 0 saturated carbocycles. The Labute approximate surface area is 203 Å². The topological polar surface area (TPSA) is 128 Å². The molecule has 176 valence electrons. The average molecular weight is 468 g/mol. The second kappa shape index (κ2) is 10.2. The zero-order valence-electron chi connectivity index (χ0n) is 19.2. The van der Waals surface area contributed by atoms with Crippen molar-refractivity contribution in [1.29, 1.82) is 5.26 Å². The molecule has 1 atom stereocenters. The molecule has 1 aliphatic rings. The third-order valence-corrected chi connectivity index (χ3v) is 5.99. The predicted octanol–water partition coefficient (Wildman–Crippen LogP) is 4.10. The van der Waals surface area contributed by atoms with Gasteiger partial charge in [-0.15, -0.1) is 0 Å². The van der Waals surface area contributed by atoms with Gasteiger partial charge in [-0.05, 0) is 73.0 Å². The number of carbonyl (C=O) groups is 3. The molecule has 8 heteroatoms. The summed E-state index contributed by atoms with van der Waals surface area (Å²) < 4.78 is 0. The number of carbonyl (C=O) groups excluding carboxylic acids is 3. The maximum atomic E-state index is 13.4. The van der Waals surface area contributed by atoms with E-state index in [0.29, 0.717) is 47.6 Å². The molecular formula is C27H25N5O3. The molecule has 3 aromatic rings. The lowest BCUT2D eigenvalue weighted by Crippen LogP contribution is -2.43. The van der Waals surface area contributed by atoms with Crippen LogP contribution in [-0.2, 0) is 6.42 Å². The van der Waals surface area contributed by atoms with Crippen LogP contribution in [0.1, 0.15) is 50.4 Å². The molecule has 4 rings (SSSR count). The SMILES string of the molecule is CC(=O)c1ccc(NC(=O)Nc2ccc3c(c2)C(=O)N(CCN)C(c2ccc(C#N)cc2)C3)cc1. The van der Waals surface area contributed by atoms with Crippen molar-refractivity contribution in [2.45, 2.75) is 19.4 Å². The van der Waals surface area contributed by atoms with Gasteiger partial charge in [0.1, 0.15) is 0 Å². The Bertz CT molecular complexity index is 1310. The molecule has 0 bridgehead atoms. The van der Waals surface area contributed by atoms with Crippen LogP contribution < -0.4 is 16.4 Å². The number of ketones is 1. The van der Waals surface area contributed by atoms with E-state index >= 15 is 0 Å².